The van der Waals surface area contributed by atoms with E-state index in [0.717, 1.165) is 28.7 Å². The van der Waals surface area contributed by atoms with Gasteiger partial charge in [-0.2, -0.15) is 0 Å². The van der Waals surface area contributed by atoms with Crippen LogP contribution < -0.4 is 4.90 Å². The molecule has 0 heterocycles. The summed E-state index contributed by atoms with van der Waals surface area (Å²) < 4.78 is 1.09. The van der Waals surface area contributed by atoms with Crippen molar-refractivity contribution >= 4 is 21.6 Å². The van der Waals surface area contributed by atoms with Crippen molar-refractivity contribution in [2.24, 2.45) is 0 Å². The van der Waals surface area contributed by atoms with Crippen molar-refractivity contribution in [2.75, 3.05) is 11.9 Å². The summed E-state index contributed by atoms with van der Waals surface area (Å²) in [6.07, 6.45) is 0.318. The van der Waals surface area contributed by atoms with Crippen LogP contribution >= 0.6 is 15.9 Å². The minimum Gasteiger partial charge on any atom is -0.388 e. The Labute approximate surface area is 129 Å². The number of hydrogen-bond acceptors (Lipinski definition) is 2. The minimum atomic E-state index is -0.406. The molecule has 0 aliphatic carbocycles. The van der Waals surface area contributed by atoms with Gasteiger partial charge < -0.3 is 10.0 Å². The first-order valence-electron chi connectivity index (χ1n) is 6.84. The van der Waals surface area contributed by atoms with Gasteiger partial charge in [0.25, 0.3) is 0 Å². The van der Waals surface area contributed by atoms with E-state index in [1.807, 2.05) is 37.3 Å². The normalized spacial score (nSPS) is 12.2. The fourth-order valence-electron chi connectivity index (χ4n) is 2.33. The summed E-state index contributed by atoms with van der Waals surface area (Å²) in [6, 6.07) is 16.4. The molecule has 0 spiro atoms. The largest absolute Gasteiger partial charge is 0.388 e. The number of nitrogens with zero attached hydrogens (tertiary/aromatic N) is 1. The van der Waals surface area contributed by atoms with E-state index >= 15 is 0 Å². The summed E-state index contributed by atoms with van der Waals surface area (Å²) in [5.41, 5.74) is 3.32. The zero-order chi connectivity index (χ0) is 14.5. The van der Waals surface area contributed by atoms with E-state index < -0.39 is 6.10 Å². The number of halogens is 1. The van der Waals surface area contributed by atoms with E-state index in [0.29, 0.717) is 0 Å². The molecule has 2 nitrogen and oxygen atoms in total. The van der Waals surface area contributed by atoms with Crippen molar-refractivity contribution < 1.29 is 5.11 Å². The van der Waals surface area contributed by atoms with Crippen LogP contribution in [0.4, 0.5) is 5.69 Å². The summed E-state index contributed by atoms with van der Waals surface area (Å²) in [5, 5.41) is 10.1. The standard InChI is InChI=1S/C17H20BrNO/c1-3-17(20)15-9-4-5-10-16(15)19(2)12-13-7-6-8-14(18)11-13/h4-11,17,20H,3,12H2,1-2H3/t17-/m1/s1. The van der Waals surface area contributed by atoms with Gasteiger partial charge >= 0.3 is 0 Å². The van der Waals surface area contributed by atoms with Crippen molar-refractivity contribution in [3.8, 4) is 0 Å². The molecule has 0 aliphatic heterocycles. The third-order valence-corrected chi connectivity index (χ3v) is 3.90. The van der Waals surface area contributed by atoms with Crippen LogP contribution in [0.2, 0.25) is 0 Å². The Balaban J connectivity index is 2.23. The second kappa shape index (κ2) is 6.91. The topological polar surface area (TPSA) is 23.5 Å². The highest BCUT2D eigenvalue weighted by Gasteiger charge is 2.13. The smallest absolute Gasteiger partial charge is 0.0807 e. The van der Waals surface area contributed by atoms with Crippen molar-refractivity contribution in [2.45, 2.75) is 26.0 Å². The summed E-state index contributed by atoms with van der Waals surface area (Å²) in [5.74, 6) is 0. The molecule has 0 bridgehead atoms. The van der Waals surface area contributed by atoms with Crippen LogP contribution in [-0.4, -0.2) is 12.2 Å². The van der Waals surface area contributed by atoms with Crippen LogP contribution in [0, 0.1) is 0 Å². The molecule has 0 saturated heterocycles. The van der Waals surface area contributed by atoms with Gasteiger partial charge in [-0.25, -0.2) is 0 Å². The summed E-state index contributed by atoms with van der Waals surface area (Å²) in [7, 11) is 2.06. The van der Waals surface area contributed by atoms with E-state index in [1.165, 1.54) is 5.56 Å². The van der Waals surface area contributed by atoms with E-state index in [-0.39, 0.29) is 0 Å². The number of aliphatic hydroxyl groups excluding tert-OH is 1. The van der Waals surface area contributed by atoms with Gasteiger partial charge in [-0.1, -0.05) is 53.2 Å². The molecular weight excluding hydrogens is 314 g/mol. The number of anilines is 1. The second-order valence-electron chi connectivity index (χ2n) is 4.97. The molecule has 0 aliphatic rings. The maximum Gasteiger partial charge on any atom is 0.0807 e. The van der Waals surface area contributed by atoms with Gasteiger partial charge in [0.2, 0.25) is 0 Å². The van der Waals surface area contributed by atoms with E-state index in [1.54, 1.807) is 0 Å². The molecule has 0 radical (unpaired) electrons. The zero-order valence-corrected chi connectivity index (χ0v) is 13.5. The van der Waals surface area contributed by atoms with Crippen molar-refractivity contribution in [1.82, 2.24) is 0 Å². The van der Waals surface area contributed by atoms with Crippen LogP contribution in [0.1, 0.15) is 30.6 Å². The predicted molar refractivity (Wildman–Crippen MR) is 87.9 cm³/mol. The van der Waals surface area contributed by atoms with Gasteiger partial charge in [0.1, 0.15) is 0 Å². The van der Waals surface area contributed by atoms with Crippen LogP contribution in [0.5, 0.6) is 0 Å². The lowest BCUT2D eigenvalue weighted by atomic mass is 10.0. The molecule has 0 fully saturated rings. The van der Waals surface area contributed by atoms with Crippen molar-refractivity contribution in [1.29, 1.82) is 0 Å². The third-order valence-electron chi connectivity index (χ3n) is 3.40. The molecule has 1 N–H and O–H groups in total. The lowest BCUT2D eigenvalue weighted by molar-refractivity contribution is 0.174. The molecule has 0 aromatic heterocycles. The van der Waals surface area contributed by atoms with Crippen molar-refractivity contribution in [3.05, 3.63) is 64.1 Å². The highest BCUT2D eigenvalue weighted by atomic mass is 79.9. The first-order valence-corrected chi connectivity index (χ1v) is 7.63. The summed E-state index contributed by atoms with van der Waals surface area (Å²) in [6.45, 7) is 2.81. The lowest BCUT2D eigenvalue weighted by Gasteiger charge is -2.24. The molecule has 3 heteroatoms. The highest BCUT2D eigenvalue weighted by Crippen LogP contribution is 2.28. The van der Waals surface area contributed by atoms with Gasteiger partial charge in [-0.15, -0.1) is 0 Å². The summed E-state index contributed by atoms with van der Waals surface area (Å²) >= 11 is 3.50. The van der Waals surface area contributed by atoms with Gasteiger partial charge in [0.15, 0.2) is 0 Å². The molecule has 2 aromatic carbocycles. The Morgan fingerprint density at radius 1 is 1.15 bits per heavy atom. The first-order chi connectivity index (χ1) is 9.61. The van der Waals surface area contributed by atoms with Gasteiger partial charge in [-0.05, 0) is 30.2 Å². The van der Waals surface area contributed by atoms with Crippen LogP contribution in [0.25, 0.3) is 0 Å². The predicted octanol–water partition coefficient (Wildman–Crippen LogP) is 4.53. The fraction of sp³-hybridized carbons (Fsp3) is 0.294. The Morgan fingerprint density at radius 2 is 1.90 bits per heavy atom. The molecule has 2 aromatic rings. The lowest BCUT2D eigenvalue weighted by Crippen LogP contribution is -2.18. The van der Waals surface area contributed by atoms with Crippen LogP contribution in [0.3, 0.4) is 0 Å². The number of rotatable bonds is 5. The average molecular weight is 334 g/mol. The Bertz CT molecular complexity index is 570. The fourth-order valence-corrected chi connectivity index (χ4v) is 2.78. The van der Waals surface area contributed by atoms with Gasteiger partial charge in [0, 0.05) is 29.3 Å². The maximum atomic E-state index is 10.1. The van der Waals surface area contributed by atoms with E-state index in [9.17, 15) is 5.11 Å². The van der Waals surface area contributed by atoms with Gasteiger partial charge in [0.05, 0.1) is 6.10 Å². The Hall–Kier alpha value is -1.32. The highest BCUT2D eigenvalue weighted by molar-refractivity contribution is 9.10. The summed E-state index contributed by atoms with van der Waals surface area (Å²) in [4.78, 5) is 2.18. The molecule has 2 rings (SSSR count). The molecular formula is C17H20BrNO. The van der Waals surface area contributed by atoms with Crippen LogP contribution in [0.15, 0.2) is 53.0 Å². The van der Waals surface area contributed by atoms with E-state index in [4.69, 9.17) is 0 Å². The molecule has 1 atom stereocenters. The minimum absolute atomic E-state index is 0.406. The van der Waals surface area contributed by atoms with Gasteiger partial charge in [-0.3, -0.25) is 0 Å². The quantitative estimate of drug-likeness (QED) is 0.868. The Kier molecular flexibility index (Phi) is 5.21. The monoisotopic (exact) mass is 333 g/mol. The van der Waals surface area contributed by atoms with Crippen molar-refractivity contribution in [3.63, 3.8) is 0 Å². The number of aliphatic hydroxyl groups is 1. The molecule has 0 amide bonds. The zero-order valence-electron chi connectivity index (χ0n) is 11.9. The molecule has 20 heavy (non-hydrogen) atoms. The maximum absolute atomic E-state index is 10.1. The number of benzene rings is 2. The Morgan fingerprint density at radius 3 is 2.60 bits per heavy atom. The second-order valence-corrected chi connectivity index (χ2v) is 5.88. The molecule has 0 saturated carbocycles. The number of hydrogen-bond donors (Lipinski definition) is 1. The first kappa shape index (κ1) is 15.1. The average Bonchev–Trinajstić information content (AvgIpc) is 2.46. The van der Waals surface area contributed by atoms with Crippen LogP contribution in [-0.2, 0) is 6.54 Å². The molecule has 106 valence electrons. The third kappa shape index (κ3) is 3.62. The molecule has 0 unspecified atom stereocenters. The SMILES string of the molecule is CC[C@@H](O)c1ccccc1N(C)Cc1cccc(Br)c1. The van der Waals surface area contributed by atoms with E-state index in [2.05, 4.69) is 46.1 Å². The number of para-hydroxylation sites is 1.